The lowest BCUT2D eigenvalue weighted by molar-refractivity contribution is -0.142. The summed E-state index contributed by atoms with van der Waals surface area (Å²) in [5.41, 5.74) is 0.822. The molecule has 0 saturated carbocycles. The Kier molecular flexibility index (Phi) is 4.50. The molecule has 0 bridgehead atoms. The number of hydrogen-bond acceptors (Lipinski definition) is 5. The maximum absolute atomic E-state index is 11.3. The third-order valence-electron chi connectivity index (χ3n) is 2.72. The van der Waals surface area contributed by atoms with Crippen molar-refractivity contribution in [2.45, 2.75) is 26.2 Å². The molecule has 1 atom stereocenters. The van der Waals surface area contributed by atoms with Gasteiger partial charge in [-0.3, -0.25) is 4.79 Å². The molecule has 0 amide bonds. The molecule has 0 aromatic carbocycles. The van der Waals surface area contributed by atoms with Crippen LogP contribution in [0.15, 0.2) is 5.38 Å². The summed E-state index contributed by atoms with van der Waals surface area (Å²) in [5, 5.41) is 3.04. The number of nitrogens with zero attached hydrogens (tertiary/aromatic N) is 1. The van der Waals surface area contributed by atoms with Gasteiger partial charge in [0.05, 0.1) is 23.7 Å². The molecule has 94 valence electrons. The molecule has 0 radical (unpaired) electrons. The van der Waals surface area contributed by atoms with Crippen molar-refractivity contribution in [3.05, 3.63) is 16.1 Å². The molecule has 17 heavy (non-hydrogen) atoms. The zero-order chi connectivity index (χ0) is 12.1. The minimum atomic E-state index is -0.200. The van der Waals surface area contributed by atoms with E-state index in [1.54, 1.807) is 11.3 Å². The highest BCUT2D eigenvalue weighted by Crippen LogP contribution is 2.20. The van der Waals surface area contributed by atoms with Crippen LogP contribution in [0.3, 0.4) is 0 Å². The lowest BCUT2D eigenvalue weighted by Gasteiger charge is -2.02. The predicted molar refractivity (Wildman–Crippen MR) is 65.1 cm³/mol. The number of carbonyl (C=O) groups excluding carboxylic acids is 1. The second-order valence-corrected chi connectivity index (χ2v) is 5.09. The largest absolute Gasteiger partial charge is 0.466 e. The summed E-state index contributed by atoms with van der Waals surface area (Å²) in [6.07, 6.45) is 2.37. The van der Waals surface area contributed by atoms with E-state index in [0.717, 1.165) is 36.8 Å². The fourth-order valence-corrected chi connectivity index (χ4v) is 2.79. The third kappa shape index (κ3) is 3.78. The quantitative estimate of drug-likeness (QED) is 0.753. The molecular formula is C12H17NO3S. The summed E-state index contributed by atoms with van der Waals surface area (Å²) in [6.45, 7) is 3.94. The Bertz CT molecular complexity index is 372. The van der Waals surface area contributed by atoms with Crippen molar-refractivity contribution < 1.29 is 14.3 Å². The number of aromatic nitrogens is 1. The van der Waals surface area contributed by atoms with Crippen LogP contribution in [0.2, 0.25) is 0 Å². The Labute approximate surface area is 105 Å². The van der Waals surface area contributed by atoms with Crippen LogP contribution in [0, 0.1) is 5.92 Å². The van der Waals surface area contributed by atoms with E-state index >= 15 is 0 Å². The second-order valence-electron chi connectivity index (χ2n) is 4.15. The number of thiazole rings is 1. The molecule has 1 unspecified atom stereocenters. The number of rotatable bonds is 5. The van der Waals surface area contributed by atoms with Gasteiger partial charge in [-0.15, -0.1) is 11.3 Å². The van der Waals surface area contributed by atoms with Crippen LogP contribution in [-0.4, -0.2) is 30.8 Å². The van der Waals surface area contributed by atoms with Gasteiger partial charge < -0.3 is 9.47 Å². The maximum atomic E-state index is 11.3. The van der Waals surface area contributed by atoms with Gasteiger partial charge in [-0.2, -0.15) is 0 Å². The molecule has 4 nitrogen and oxygen atoms in total. The van der Waals surface area contributed by atoms with E-state index in [-0.39, 0.29) is 12.4 Å². The first-order chi connectivity index (χ1) is 8.28. The summed E-state index contributed by atoms with van der Waals surface area (Å²) in [7, 11) is 0. The van der Waals surface area contributed by atoms with Crippen LogP contribution in [0.25, 0.3) is 0 Å². The van der Waals surface area contributed by atoms with Crippen molar-refractivity contribution in [1.82, 2.24) is 4.98 Å². The molecule has 1 aliphatic rings. The van der Waals surface area contributed by atoms with Gasteiger partial charge in [-0.25, -0.2) is 4.98 Å². The Morgan fingerprint density at radius 2 is 2.59 bits per heavy atom. The number of carbonyl (C=O) groups is 1. The van der Waals surface area contributed by atoms with Gasteiger partial charge in [0, 0.05) is 25.0 Å². The Hall–Kier alpha value is -0.940. The zero-order valence-corrected chi connectivity index (χ0v) is 10.8. The second kappa shape index (κ2) is 6.12. The van der Waals surface area contributed by atoms with E-state index in [1.165, 1.54) is 0 Å². The van der Waals surface area contributed by atoms with E-state index in [2.05, 4.69) is 4.98 Å². The van der Waals surface area contributed by atoms with Crippen LogP contribution in [0.4, 0.5) is 0 Å². The van der Waals surface area contributed by atoms with E-state index in [9.17, 15) is 4.79 Å². The van der Waals surface area contributed by atoms with Crippen molar-refractivity contribution in [2.75, 3.05) is 19.8 Å². The molecule has 0 aliphatic carbocycles. The van der Waals surface area contributed by atoms with Crippen LogP contribution in [-0.2, 0) is 27.1 Å². The number of hydrogen-bond donors (Lipinski definition) is 0. The molecule has 1 saturated heterocycles. The first-order valence-electron chi connectivity index (χ1n) is 5.94. The lowest BCUT2D eigenvalue weighted by Crippen LogP contribution is -2.08. The summed E-state index contributed by atoms with van der Waals surface area (Å²) in [4.78, 5) is 15.7. The van der Waals surface area contributed by atoms with Gasteiger partial charge in [0.2, 0.25) is 0 Å². The smallest absolute Gasteiger partial charge is 0.311 e. The fraction of sp³-hybridized carbons (Fsp3) is 0.667. The first-order valence-corrected chi connectivity index (χ1v) is 6.82. The average molecular weight is 255 g/mol. The number of ether oxygens (including phenoxy) is 2. The van der Waals surface area contributed by atoms with E-state index in [4.69, 9.17) is 9.47 Å². The van der Waals surface area contributed by atoms with Crippen molar-refractivity contribution in [3.63, 3.8) is 0 Å². The van der Waals surface area contributed by atoms with Crippen LogP contribution in [0.1, 0.15) is 24.0 Å². The van der Waals surface area contributed by atoms with Crippen LogP contribution < -0.4 is 0 Å². The number of esters is 1. The van der Waals surface area contributed by atoms with Crippen LogP contribution in [0.5, 0.6) is 0 Å². The zero-order valence-electron chi connectivity index (χ0n) is 9.98. The Balaban J connectivity index is 1.84. The monoisotopic (exact) mass is 255 g/mol. The minimum absolute atomic E-state index is 0.200. The minimum Gasteiger partial charge on any atom is -0.466 e. The highest BCUT2D eigenvalue weighted by atomic mass is 32.1. The normalized spacial score (nSPS) is 19.5. The van der Waals surface area contributed by atoms with Gasteiger partial charge in [0.15, 0.2) is 0 Å². The van der Waals surface area contributed by atoms with E-state index in [1.807, 2.05) is 12.3 Å². The summed E-state index contributed by atoms with van der Waals surface area (Å²) in [5.74, 6) is 0.394. The van der Waals surface area contributed by atoms with Crippen molar-refractivity contribution in [2.24, 2.45) is 5.92 Å². The van der Waals surface area contributed by atoms with Gasteiger partial charge >= 0.3 is 5.97 Å². The molecule has 1 fully saturated rings. The van der Waals surface area contributed by atoms with Crippen molar-refractivity contribution in [3.8, 4) is 0 Å². The highest BCUT2D eigenvalue weighted by molar-refractivity contribution is 7.09. The predicted octanol–water partition coefficient (Wildman–Crippen LogP) is 1.83. The molecule has 2 heterocycles. The first kappa shape index (κ1) is 12.5. The van der Waals surface area contributed by atoms with E-state index in [0.29, 0.717) is 12.5 Å². The standard InChI is InChI=1S/C12H17NO3S/c1-2-16-12(14)6-10-8-17-11(13-10)5-9-3-4-15-7-9/h8-9H,2-7H2,1H3. The molecule has 2 rings (SSSR count). The van der Waals surface area contributed by atoms with Gasteiger partial charge in [0.25, 0.3) is 0 Å². The summed E-state index contributed by atoms with van der Waals surface area (Å²) in [6, 6.07) is 0. The maximum Gasteiger partial charge on any atom is 0.311 e. The molecule has 0 N–H and O–H groups in total. The van der Waals surface area contributed by atoms with Crippen molar-refractivity contribution in [1.29, 1.82) is 0 Å². The highest BCUT2D eigenvalue weighted by Gasteiger charge is 2.18. The van der Waals surface area contributed by atoms with Crippen LogP contribution >= 0.6 is 11.3 Å². The van der Waals surface area contributed by atoms with Crippen molar-refractivity contribution >= 4 is 17.3 Å². The fourth-order valence-electron chi connectivity index (χ4n) is 1.88. The molecule has 0 spiro atoms. The SMILES string of the molecule is CCOC(=O)Cc1csc(CC2CCOC2)n1. The molecule has 5 heteroatoms. The summed E-state index contributed by atoms with van der Waals surface area (Å²) >= 11 is 1.62. The molecule has 1 aliphatic heterocycles. The molecule has 1 aromatic rings. The van der Waals surface area contributed by atoms with Gasteiger partial charge in [-0.05, 0) is 19.3 Å². The average Bonchev–Trinajstić information content (AvgIpc) is 2.91. The van der Waals surface area contributed by atoms with Gasteiger partial charge in [-0.1, -0.05) is 0 Å². The van der Waals surface area contributed by atoms with Gasteiger partial charge in [0.1, 0.15) is 0 Å². The Morgan fingerprint density at radius 1 is 1.71 bits per heavy atom. The topological polar surface area (TPSA) is 48.4 Å². The molecular weight excluding hydrogens is 238 g/mol. The molecule has 1 aromatic heterocycles. The third-order valence-corrected chi connectivity index (χ3v) is 3.64. The Morgan fingerprint density at radius 3 is 3.29 bits per heavy atom. The van der Waals surface area contributed by atoms with E-state index < -0.39 is 0 Å². The summed E-state index contributed by atoms with van der Waals surface area (Å²) < 4.78 is 10.2. The lowest BCUT2D eigenvalue weighted by atomic mass is 10.1.